The van der Waals surface area contributed by atoms with Gasteiger partial charge in [-0.3, -0.25) is 4.79 Å². The van der Waals surface area contributed by atoms with E-state index in [1.54, 1.807) is 7.11 Å². The largest absolute Gasteiger partial charge is 0.481 e. The Hall–Kier alpha value is -0.570. The van der Waals surface area contributed by atoms with Crippen molar-refractivity contribution in [3.05, 3.63) is 0 Å². The maximum absolute atomic E-state index is 11.7. The fourth-order valence-corrected chi connectivity index (χ4v) is 3.13. The van der Waals surface area contributed by atoms with Crippen LogP contribution in [0, 0.1) is 17.3 Å². The van der Waals surface area contributed by atoms with E-state index in [0.29, 0.717) is 18.4 Å². The first kappa shape index (κ1) is 13.5. The number of rotatable bonds is 6. The molecule has 0 radical (unpaired) electrons. The molecule has 16 heavy (non-hydrogen) atoms. The zero-order chi connectivity index (χ0) is 12.2. The highest BCUT2D eigenvalue weighted by atomic mass is 16.5. The molecule has 0 amide bonds. The molecule has 1 aliphatic rings. The van der Waals surface area contributed by atoms with Gasteiger partial charge in [-0.25, -0.2) is 0 Å². The minimum atomic E-state index is -0.671. The van der Waals surface area contributed by atoms with Crippen molar-refractivity contribution in [1.29, 1.82) is 0 Å². The van der Waals surface area contributed by atoms with Crippen LogP contribution in [0.1, 0.15) is 46.0 Å². The number of hydrogen-bond donors (Lipinski definition) is 1. The van der Waals surface area contributed by atoms with Crippen LogP contribution in [0.5, 0.6) is 0 Å². The molecular weight excluding hydrogens is 204 g/mol. The van der Waals surface area contributed by atoms with Crippen LogP contribution in [0.3, 0.4) is 0 Å². The molecule has 1 aliphatic carbocycles. The third-order valence-corrected chi connectivity index (χ3v) is 3.74. The summed E-state index contributed by atoms with van der Waals surface area (Å²) in [4.78, 5) is 11.7. The normalized spacial score (nSPS) is 21.2. The van der Waals surface area contributed by atoms with Gasteiger partial charge in [0, 0.05) is 7.11 Å². The van der Waals surface area contributed by atoms with Crippen LogP contribution in [-0.4, -0.2) is 24.8 Å². The van der Waals surface area contributed by atoms with Crippen molar-refractivity contribution in [2.24, 2.45) is 17.3 Å². The molecule has 0 saturated heterocycles. The molecule has 1 unspecified atom stereocenters. The number of carboxylic acid groups (broad SMARTS) is 1. The number of carbonyl (C=O) groups is 1. The van der Waals surface area contributed by atoms with Gasteiger partial charge < -0.3 is 9.84 Å². The average Bonchev–Trinajstić information content (AvgIpc) is 2.68. The predicted molar refractivity (Wildman–Crippen MR) is 63.4 cm³/mol. The summed E-state index contributed by atoms with van der Waals surface area (Å²) in [6, 6.07) is 0. The third-order valence-electron chi connectivity index (χ3n) is 3.74. The number of hydrogen-bond acceptors (Lipinski definition) is 2. The summed E-state index contributed by atoms with van der Waals surface area (Å²) in [6.45, 7) is 4.52. The topological polar surface area (TPSA) is 46.5 Å². The molecule has 1 N–H and O–H groups in total. The number of methoxy groups -OCH3 is 1. The molecule has 94 valence electrons. The van der Waals surface area contributed by atoms with Crippen LogP contribution >= 0.6 is 0 Å². The van der Waals surface area contributed by atoms with Gasteiger partial charge in [0.05, 0.1) is 12.0 Å². The summed E-state index contributed by atoms with van der Waals surface area (Å²) >= 11 is 0. The molecule has 1 rings (SSSR count). The van der Waals surface area contributed by atoms with Crippen LogP contribution in [-0.2, 0) is 9.53 Å². The standard InChI is InChI=1S/C13H24O3/c1-10(2)8-13(9-16-3,12(14)15)11-6-4-5-7-11/h10-11H,4-9H2,1-3H3,(H,14,15). The van der Waals surface area contributed by atoms with Gasteiger partial charge >= 0.3 is 5.97 Å². The Labute approximate surface area is 98.2 Å². The summed E-state index contributed by atoms with van der Waals surface area (Å²) < 4.78 is 5.20. The van der Waals surface area contributed by atoms with Crippen molar-refractivity contribution in [2.75, 3.05) is 13.7 Å². The van der Waals surface area contributed by atoms with Crippen molar-refractivity contribution in [3.8, 4) is 0 Å². The van der Waals surface area contributed by atoms with Crippen LogP contribution in [0.4, 0.5) is 0 Å². The Balaban J connectivity index is 2.89. The van der Waals surface area contributed by atoms with E-state index in [9.17, 15) is 9.90 Å². The summed E-state index contributed by atoms with van der Waals surface area (Å²) in [5.41, 5.74) is -0.653. The first-order valence-electron chi connectivity index (χ1n) is 6.25. The second-order valence-electron chi connectivity index (χ2n) is 5.47. The zero-order valence-electron chi connectivity index (χ0n) is 10.7. The number of aliphatic carboxylic acids is 1. The van der Waals surface area contributed by atoms with Gasteiger partial charge in [-0.1, -0.05) is 26.7 Å². The smallest absolute Gasteiger partial charge is 0.312 e. The second kappa shape index (κ2) is 5.67. The maximum atomic E-state index is 11.7. The highest BCUT2D eigenvalue weighted by Crippen LogP contribution is 2.44. The number of carboxylic acids is 1. The Morgan fingerprint density at radius 1 is 1.44 bits per heavy atom. The second-order valence-corrected chi connectivity index (χ2v) is 5.47. The van der Waals surface area contributed by atoms with Gasteiger partial charge in [-0.05, 0) is 31.1 Å². The number of ether oxygens (including phenoxy) is 1. The maximum Gasteiger partial charge on any atom is 0.312 e. The van der Waals surface area contributed by atoms with Crippen LogP contribution < -0.4 is 0 Å². The summed E-state index contributed by atoms with van der Waals surface area (Å²) in [5, 5.41) is 9.58. The molecule has 1 atom stereocenters. The Bertz CT molecular complexity index is 231. The minimum Gasteiger partial charge on any atom is -0.481 e. The summed E-state index contributed by atoms with van der Waals surface area (Å²) in [5.74, 6) is 0.0224. The van der Waals surface area contributed by atoms with E-state index in [1.165, 1.54) is 12.8 Å². The van der Waals surface area contributed by atoms with E-state index >= 15 is 0 Å². The van der Waals surface area contributed by atoms with Gasteiger partial charge in [0.1, 0.15) is 0 Å². The zero-order valence-corrected chi connectivity index (χ0v) is 10.7. The molecule has 0 heterocycles. The Kier molecular flexibility index (Phi) is 4.78. The highest BCUT2D eigenvalue weighted by Gasteiger charge is 2.46. The third kappa shape index (κ3) is 2.76. The molecule has 3 heteroatoms. The van der Waals surface area contributed by atoms with E-state index in [0.717, 1.165) is 19.3 Å². The predicted octanol–water partition coefficient (Wildman–Crippen LogP) is 2.94. The lowest BCUT2D eigenvalue weighted by atomic mass is 9.70. The lowest BCUT2D eigenvalue weighted by molar-refractivity contribution is -0.158. The van der Waals surface area contributed by atoms with E-state index in [-0.39, 0.29) is 0 Å². The van der Waals surface area contributed by atoms with Crippen LogP contribution in [0.2, 0.25) is 0 Å². The molecule has 0 aromatic rings. The molecule has 1 saturated carbocycles. The first-order valence-corrected chi connectivity index (χ1v) is 6.25. The van der Waals surface area contributed by atoms with Crippen LogP contribution in [0.15, 0.2) is 0 Å². The van der Waals surface area contributed by atoms with Gasteiger partial charge in [0.25, 0.3) is 0 Å². The van der Waals surface area contributed by atoms with E-state index < -0.39 is 11.4 Å². The van der Waals surface area contributed by atoms with Gasteiger partial charge in [0.2, 0.25) is 0 Å². The Morgan fingerprint density at radius 3 is 2.38 bits per heavy atom. The molecule has 0 aromatic heterocycles. The van der Waals surface area contributed by atoms with Crippen molar-refractivity contribution in [2.45, 2.75) is 46.0 Å². The molecule has 3 nitrogen and oxygen atoms in total. The van der Waals surface area contributed by atoms with E-state index in [2.05, 4.69) is 13.8 Å². The van der Waals surface area contributed by atoms with Gasteiger partial charge in [-0.2, -0.15) is 0 Å². The lowest BCUT2D eigenvalue weighted by Crippen LogP contribution is -2.43. The molecule has 0 aliphatic heterocycles. The quantitative estimate of drug-likeness (QED) is 0.760. The van der Waals surface area contributed by atoms with Crippen molar-refractivity contribution >= 4 is 5.97 Å². The molecule has 0 aromatic carbocycles. The fraction of sp³-hybridized carbons (Fsp3) is 0.923. The summed E-state index contributed by atoms with van der Waals surface area (Å²) in [7, 11) is 1.60. The van der Waals surface area contributed by atoms with Crippen molar-refractivity contribution < 1.29 is 14.6 Å². The SMILES string of the molecule is COCC(CC(C)C)(C(=O)O)C1CCCC1. The van der Waals surface area contributed by atoms with E-state index in [4.69, 9.17) is 4.74 Å². The first-order chi connectivity index (χ1) is 7.53. The van der Waals surface area contributed by atoms with Gasteiger partial charge in [-0.15, -0.1) is 0 Å². The molecular formula is C13H24O3. The summed E-state index contributed by atoms with van der Waals surface area (Å²) in [6.07, 6.45) is 5.15. The Morgan fingerprint density at radius 2 is 2.00 bits per heavy atom. The van der Waals surface area contributed by atoms with Crippen molar-refractivity contribution in [3.63, 3.8) is 0 Å². The van der Waals surface area contributed by atoms with Crippen molar-refractivity contribution in [1.82, 2.24) is 0 Å². The van der Waals surface area contributed by atoms with E-state index in [1.807, 2.05) is 0 Å². The lowest BCUT2D eigenvalue weighted by Gasteiger charge is -2.36. The molecule has 0 spiro atoms. The highest BCUT2D eigenvalue weighted by molar-refractivity contribution is 5.75. The van der Waals surface area contributed by atoms with Crippen LogP contribution in [0.25, 0.3) is 0 Å². The fourth-order valence-electron chi connectivity index (χ4n) is 3.13. The van der Waals surface area contributed by atoms with Gasteiger partial charge in [0.15, 0.2) is 0 Å². The monoisotopic (exact) mass is 228 g/mol. The molecule has 0 bridgehead atoms. The molecule has 1 fully saturated rings. The minimum absolute atomic E-state index is 0.298. The average molecular weight is 228 g/mol.